The fourth-order valence-electron chi connectivity index (χ4n) is 2.50. The van der Waals surface area contributed by atoms with Crippen molar-refractivity contribution in [3.05, 3.63) is 18.0 Å². The Kier molecular flexibility index (Phi) is 4.79. The van der Waals surface area contributed by atoms with Crippen LogP contribution in [0.15, 0.2) is 12.4 Å². The molecule has 3 atom stereocenters. The van der Waals surface area contributed by atoms with Crippen LogP contribution >= 0.6 is 0 Å². The topological polar surface area (TPSA) is 116 Å². The number of aliphatic carboxylic acids is 1. The molecule has 1 heterocycles. The molecule has 1 saturated carbocycles. The Morgan fingerprint density at radius 2 is 2.14 bits per heavy atom. The Labute approximate surface area is 122 Å². The molecule has 4 N–H and O–H groups in total. The highest BCUT2D eigenvalue weighted by atomic mass is 16.4. The monoisotopic (exact) mass is 296 g/mol. The molecule has 0 saturated heterocycles. The van der Waals surface area contributed by atoms with Gasteiger partial charge in [-0.2, -0.15) is 5.10 Å². The van der Waals surface area contributed by atoms with Gasteiger partial charge in [-0.15, -0.1) is 0 Å². The van der Waals surface area contributed by atoms with E-state index in [1.807, 2.05) is 0 Å². The second-order valence-corrected chi connectivity index (χ2v) is 5.29. The lowest BCUT2D eigenvalue weighted by molar-refractivity contribution is -0.139. The Hall–Kier alpha value is -2.09. The summed E-state index contributed by atoms with van der Waals surface area (Å²) in [7, 11) is 1.67. The van der Waals surface area contributed by atoms with Crippen LogP contribution in [0.2, 0.25) is 0 Å². The van der Waals surface area contributed by atoms with E-state index in [0.717, 1.165) is 12.8 Å². The molecule has 0 bridgehead atoms. The zero-order chi connectivity index (χ0) is 15.4. The van der Waals surface area contributed by atoms with Gasteiger partial charge >= 0.3 is 12.0 Å². The van der Waals surface area contributed by atoms with Gasteiger partial charge in [0.2, 0.25) is 0 Å². The first-order valence-corrected chi connectivity index (χ1v) is 6.94. The maximum Gasteiger partial charge on any atom is 0.331 e. The Bertz CT molecular complexity index is 516. The Morgan fingerprint density at radius 1 is 1.43 bits per heavy atom. The standard InChI is InChI=1S/C13H20N4O4/c1-17-7-8(6-14-17)11(12(19)20)16-13(21)15-9-4-2-3-5-10(9)18/h6-7,9-11,18H,2-5H2,1H3,(H,19,20)(H2,15,16,21). The number of aliphatic hydroxyl groups is 1. The number of rotatable bonds is 4. The second-order valence-electron chi connectivity index (χ2n) is 5.29. The van der Waals surface area contributed by atoms with Crippen LogP contribution in [0.3, 0.4) is 0 Å². The summed E-state index contributed by atoms with van der Waals surface area (Å²) in [5.74, 6) is -1.16. The van der Waals surface area contributed by atoms with Gasteiger partial charge in [-0.25, -0.2) is 9.59 Å². The molecule has 1 aliphatic rings. The molecule has 1 aromatic heterocycles. The molecule has 0 radical (unpaired) electrons. The molecule has 21 heavy (non-hydrogen) atoms. The van der Waals surface area contributed by atoms with E-state index in [0.29, 0.717) is 18.4 Å². The highest BCUT2D eigenvalue weighted by molar-refractivity contribution is 5.83. The predicted molar refractivity (Wildman–Crippen MR) is 73.5 cm³/mol. The van der Waals surface area contributed by atoms with Gasteiger partial charge in [0, 0.05) is 18.8 Å². The molecule has 1 aromatic rings. The van der Waals surface area contributed by atoms with Crippen molar-refractivity contribution in [2.75, 3.05) is 0 Å². The fourth-order valence-corrected chi connectivity index (χ4v) is 2.50. The van der Waals surface area contributed by atoms with E-state index in [-0.39, 0.29) is 6.04 Å². The van der Waals surface area contributed by atoms with Crippen LogP contribution < -0.4 is 10.6 Å². The van der Waals surface area contributed by atoms with Crippen LogP contribution in [0.4, 0.5) is 4.79 Å². The molecule has 2 amide bonds. The number of carboxylic acids is 1. The summed E-state index contributed by atoms with van der Waals surface area (Å²) in [5, 5.41) is 28.0. The lowest BCUT2D eigenvalue weighted by Gasteiger charge is -2.28. The third-order valence-electron chi connectivity index (χ3n) is 3.63. The minimum Gasteiger partial charge on any atom is -0.479 e. The highest BCUT2D eigenvalue weighted by Gasteiger charge is 2.27. The van der Waals surface area contributed by atoms with Crippen molar-refractivity contribution in [3.8, 4) is 0 Å². The average Bonchev–Trinajstić information content (AvgIpc) is 2.85. The van der Waals surface area contributed by atoms with Crippen molar-refractivity contribution < 1.29 is 19.8 Å². The largest absolute Gasteiger partial charge is 0.479 e. The summed E-state index contributed by atoms with van der Waals surface area (Å²) in [6.07, 6.45) is 5.57. The van der Waals surface area contributed by atoms with Gasteiger partial charge in [-0.3, -0.25) is 4.68 Å². The summed E-state index contributed by atoms with van der Waals surface area (Å²) in [6.45, 7) is 0. The van der Waals surface area contributed by atoms with Crippen molar-refractivity contribution in [2.24, 2.45) is 7.05 Å². The number of hydrogen-bond acceptors (Lipinski definition) is 4. The van der Waals surface area contributed by atoms with Gasteiger partial charge in [0.1, 0.15) is 0 Å². The summed E-state index contributed by atoms with van der Waals surface area (Å²) < 4.78 is 1.47. The van der Waals surface area contributed by atoms with Crippen molar-refractivity contribution >= 4 is 12.0 Å². The maximum absolute atomic E-state index is 11.9. The first-order chi connectivity index (χ1) is 9.97. The van der Waals surface area contributed by atoms with E-state index in [9.17, 15) is 19.8 Å². The highest BCUT2D eigenvalue weighted by Crippen LogP contribution is 2.18. The van der Waals surface area contributed by atoms with Crippen LogP contribution in [0, 0.1) is 0 Å². The van der Waals surface area contributed by atoms with E-state index < -0.39 is 24.1 Å². The summed E-state index contributed by atoms with van der Waals surface area (Å²) >= 11 is 0. The maximum atomic E-state index is 11.9. The zero-order valence-electron chi connectivity index (χ0n) is 11.8. The van der Waals surface area contributed by atoms with Crippen LogP contribution in [0.25, 0.3) is 0 Å². The van der Waals surface area contributed by atoms with E-state index in [1.165, 1.54) is 17.1 Å². The third kappa shape index (κ3) is 3.94. The molecule has 2 rings (SSSR count). The van der Waals surface area contributed by atoms with Crippen LogP contribution in [0.5, 0.6) is 0 Å². The van der Waals surface area contributed by atoms with Crippen LogP contribution in [0.1, 0.15) is 37.3 Å². The first-order valence-electron chi connectivity index (χ1n) is 6.94. The van der Waals surface area contributed by atoms with E-state index >= 15 is 0 Å². The van der Waals surface area contributed by atoms with Gasteiger partial charge in [-0.05, 0) is 12.8 Å². The predicted octanol–water partition coefficient (Wildman–Crippen LogP) is 0.148. The van der Waals surface area contributed by atoms with E-state index in [1.54, 1.807) is 7.05 Å². The van der Waals surface area contributed by atoms with Crippen molar-refractivity contribution in [1.29, 1.82) is 0 Å². The fraction of sp³-hybridized carbons (Fsp3) is 0.615. The molecular weight excluding hydrogens is 276 g/mol. The minimum atomic E-state index is -1.17. The Morgan fingerprint density at radius 3 is 2.71 bits per heavy atom. The van der Waals surface area contributed by atoms with E-state index in [4.69, 9.17) is 0 Å². The summed E-state index contributed by atoms with van der Waals surface area (Å²) in [6, 6.07) is -2.10. The number of nitrogens with zero attached hydrogens (tertiary/aromatic N) is 2. The SMILES string of the molecule is Cn1cc(C(NC(=O)NC2CCCCC2O)C(=O)O)cn1. The van der Waals surface area contributed by atoms with Crippen molar-refractivity contribution in [2.45, 2.75) is 43.9 Å². The smallest absolute Gasteiger partial charge is 0.331 e. The number of urea groups is 1. The van der Waals surface area contributed by atoms with Gasteiger partial charge in [0.15, 0.2) is 6.04 Å². The second kappa shape index (κ2) is 6.57. The van der Waals surface area contributed by atoms with E-state index in [2.05, 4.69) is 15.7 Å². The normalized spacial score (nSPS) is 23.3. The molecule has 8 heteroatoms. The Balaban J connectivity index is 1.97. The number of aliphatic hydroxyl groups excluding tert-OH is 1. The molecule has 116 valence electrons. The molecule has 1 fully saturated rings. The lowest BCUT2D eigenvalue weighted by atomic mass is 9.93. The minimum absolute atomic E-state index is 0.331. The molecule has 8 nitrogen and oxygen atoms in total. The zero-order valence-corrected chi connectivity index (χ0v) is 11.8. The van der Waals surface area contributed by atoms with Crippen LogP contribution in [-0.4, -0.2) is 44.1 Å². The number of carbonyl (C=O) groups is 2. The number of aromatic nitrogens is 2. The first kappa shape index (κ1) is 15.3. The number of aryl methyl sites for hydroxylation is 1. The number of nitrogens with one attached hydrogen (secondary N) is 2. The number of carbonyl (C=O) groups excluding carboxylic acids is 1. The molecule has 1 aliphatic carbocycles. The van der Waals surface area contributed by atoms with Gasteiger partial charge in [0.25, 0.3) is 0 Å². The third-order valence-corrected chi connectivity index (χ3v) is 3.63. The quantitative estimate of drug-likeness (QED) is 0.631. The number of carboxylic acid groups (broad SMARTS) is 1. The van der Waals surface area contributed by atoms with Gasteiger partial charge in [0.05, 0.1) is 18.3 Å². The van der Waals surface area contributed by atoms with Crippen LogP contribution in [-0.2, 0) is 11.8 Å². The molecule has 0 spiro atoms. The molecular formula is C13H20N4O4. The van der Waals surface area contributed by atoms with Gasteiger partial charge < -0.3 is 20.8 Å². The number of amides is 2. The van der Waals surface area contributed by atoms with Crippen molar-refractivity contribution in [1.82, 2.24) is 20.4 Å². The molecule has 0 aliphatic heterocycles. The summed E-state index contributed by atoms with van der Waals surface area (Å²) in [4.78, 5) is 23.2. The molecule has 0 aromatic carbocycles. The van der Waals surface area contributed by atoms with Crippen molar-refractivity contribution in [3.63, 3.8) is 0 Å². The lowest BCUT2D eigenvalue weighted by Crippen LogP contribution is -2.50. The number of hydrogen-bond donors (Lipinski definition) is 4. The summed E-state index contributed by atoms with van der Waals surface area (Å²) in [5.41, 5.74) is 0.393. The van der Waals surface area contributed by atoms with Gasteiger partial charge in [-0.1, -0.05) is 12.8 Å². The molecule has 3 unspecified atom stereocenters. The average molecular weight is 296 g/mol.